The van der Waals surface area contributed by atoms with Crippen LogP contribution < -0.4 is 9.47 Å². The number of aliphatic hydroxyl groups excluding tert-OH is 1. The molecule has 3 nitrogen and oxygen atoms in total. The van der Waals surface area contributed by atoms with E-state index in [4.69, 9.17) is 9.47 Å². The first-order valence-corrected chi connectivity index (χ1v) is 6.95. The molecule has 1 N–H and O–H groups in total. The van der Waals surface area contributed by atoms with Gasteiger partial charge in [0.25, 0.3) is 0 Å². The Kier molecular flexibility index (Phi) is 4.53. The average molecular weight is 286 g/mol. The summed E-state index contributed by atoms with van der Waals surface area (Å²) in [4.78, 5) is 0. The number of rotatable bonds is 4. The number of hydrogen-bond donors (Lipinski definition) is 1. The van der Waals surface area contributed by atoms with Gasteiger partial charge in [0.2, 0.25) is 0 Å². The predicted molar refractivity (Wildman–Crippen MR) is 84.3 cm³/mol. The van der Waals surface area contributed by atoms with Crippen molar-refractivity contribution in [1.82, 2.24) is 0 Å². The molecule has 0 aliphatic rings. The fourth-order valence-corrected chi connectivity index (χ4v) is 2.54. The second-order valence-electron chi connectivity index (χ2n) is 5.33. The molecule has 0 fully saturated rings. The molecule has 3 heteroatoms. The van der Waals surface area contributed by atoms with E-state index in [2.05, 4.69) is 0 Å². The molecule has 2 rings (SSSR count). The second kappa shape index (κ2) is 6.19. The third-order valence-electron chi connectivity index (χ3n) is 3.76. The third-order valence-corrected chi connectivity index (χ3v) is 3.76. The van der Waals surface area contributed by atoms with Crippen molar-refractivity contribution < 1.29 is 14.6 Å². The highest BCUT2D eigenvalue weighted by molar-refractivity contribution is 5.48. The van der Waals surface area contributed by atoms with E-state index in [9.17, 15) is 5.11 Å². The van der Waals surface area contributed by atoms with Crippen LogP contribution in [-0.2, 0) is 0 Å². The lowest BCUT2D eigenvalue weighted by Gasteiger charge is -2.19. The van der Waals surface area contributed by atoms with Crippen molar-refractivity contribution in [3.8, 4) is 11.5 Å². The van der Waals surface area contributed by atoms with Crippen molar-refractivity contribution in [2.24, 2.45) is 0 Å². The number of hydrogen-bond acceptors (Lipinski definition) is 3. The summed E-state index contributed by atoms with van der Waals surface area (Å²) in [7, 11) is 3.28. The molecule has 0 spiro atoms. The normalized spacial score (nSPS) is 12.1. The molecule has 1 atom stereocenters. The summed E-state index contributed by atoms with van der Waals surface area (Å²) < 4.78 is 10.7. The molecule has 0 amide bonds. The van der Waals surface area contributed by atoms with E-state index >= 15 is 0 Å². The number of aliphatic hydroxyl groups is 1. The molecular formula is C18H22O3. The lowest BCUT2D eigenvalue weighted by molar-refractivity contribution is 0.213. The molecule has 112 valence electrons. The maximum absolute atomic E-state index is 10.7. The van der Waals surface area contributed by atoms with Crippen molar-refractivity contribution in [1.29, 1.82) is 0 Å². The number of methoxy groups -OCH3 is 2. The summed E-state index contributed by atoms with van der Waals surface area (Å²) >= 11 is 0. The molecule has 2 aromatic rings. The van der Waals surface area contributed by atoms with Gasteiger partial charge in [0.05, 0.1) is 14.2 Å². The maximum atomic E-state index is 10.7. The Hall–Kier alpha value is -2.00. The van der Waals surface area contributed by atoms with E-state index in [1.54, 1.807) is 14.2 Å². The van der Waals surface area contributed by atoms with Gasteiger partial charge in [0, 0.05) is 5.56 Å². The Morgan fingerprint density at radius 2 is 1.48 bits per heavy atom. The Labute approximate surface area is 126 Å². The van der Waals surface area contributed by atoms with Crippen LogP contribution in [0.5, 0.6) is 11.5 Å². The van der Waals surface area contributed by atoms with Crippen LogP contribution in [0.1, 0.15) is 33.9 Å². The van der Waals surface area contributed by atoms with Crippen molar-refractivity contribution in [2.75, 3.05) is 14.2 Å². The fraction of sp³-hybridized carbons (Fsp3) is 0.333. The SMILES string of the molecule is COc1cc(C)c(C(O)c2ccc(C)cc2OC)cc1C. The summed E-state index contributed by atoms with van der Waals surface area (Å²) in [6.45, 7) is 5.95. The van der Waals surface area contributed by atoms with Crippen molar-refractivity contribution in [3.63, 3.8) is 0 Å². The molecule has 0 saturated carbocycles. The van der Waals surface area contributed by atoms with E-state index in [1.165, 1.54) is 0 Å². The number of benzene rings is 2. The summed E-state index contributed by atoms with van der Waals surface area (Å²) in [5.74, 6) is 1.54. The van der Waals surface area contributed by atoms with Crippen LogP contribution in [0.25, 0.3) is 0 Å². The molecule has 2 aromatic carbocycles. The highest BCUT2D eigenvalue weighted by atomic mass is 16.5. The van der Waals surface area contributed by atoms with Crippen LogP contribution in [0.3, 0.4) is 0 Å². The van der Waals surface area contributed by atoms with Crippen molar-refractivity contribution >= 4 is 0 Å². The average Bonchev–Trinajstić information content (AvgIpc) is 2.48. The van der Waals surface area contributed by atoms with Gasteiger partial charge >= 0.3 is 0 Å². The van der Waals surface area contributed by atoms with Crippen LogP contribution in [0, 0.1) is 20.8 Å². The van der Waals surface area contributed by atoms with E-state index in [1.807, 2.05) is 51.1 Å². The molecule has 0 aromatic heterocycles. The van der Waals surface area contributed by atoms with Gasteiger partial charge in [-0.15, -0.1) is 0 Å². The van der Waals surface area contributed by atoms with Crippen molar-refractivity contribution in [3.05, 3.63) is 58.1 Å². The lowest BCUT2D eigenvalue weighted by Crippen LogP contribution is -2.05. The van der Waals surface area contributed by atoms with Gasteiger partial charge in [0.1, 0.15) is 17.6 Å². The first-order valence-electron chi connectivity index (χ1n) is 6.95. The number of ether oxygens (including phenoxy) is 2. The predicted octanol–water partition coefficient (Wildman–Crippen LogP) is 3.71. The third kappa shape index (κ3) is 3.03. The van der Waals surface area contributed by atoms with Crippen LogP contribution in [0.2, 0.25) is 0 Å². The Morgan fingerprint density at radius 1 is 0.810 bits per heavy atom. The Balaban J connectivity index is 2.50. The Morgan fingerprint density at radius 3 is 2.10 bits per heavy atom. The monoisotopic (exact) mass is 286 g/mol. The van der Waals surface area contributed by atoms with Gasteiger partial charge in [-0.2, -0.15) is 0 Å². The smallest absolute Gasteiger partial charge is 0.125 e. The lowest BCUT2D eigenvalue weighted by atomic mass is 9.94. The summed E-state index contributed by atoms with van der Waals surface area (Å²) in [6.07, 6.45) is -0.717. The minimum absolute atomic E-state index is 0.704. The van der Waals surface area contributed by atoms with Crippen LogP contribution in [0.15, 0.2) is 30.3 Å². The summed E-state index contributed by atoms with van der Waals surface area (Å²) in [6, 6.07) is 9.75. The van der Waals surface area contributed by atoms with Gasteiger partial charge < -0.3 is 14.6 Å². The highest BCUT2D eigenvalue weighted by Gasteiger charge is 2.18. The molecule has 0 bridgehead atoms. The van der Waals surface area contributed by atoms with Gasteiger partial charge in [-0.3, -0.25) is 0 Å². The Bertz CT molecular complexity index is 647. The molecule has 21 heavy (non-hydrogen) atoms. The largest absolute Gasteiger partial charge is 0.496 e. The fourth-order valence-electron chi connectivity index (χ4n) is 2.54. The van der Waals surface area contributed by atoms with Crippen LogP contribution in [0.4, 0.5) is 0 Å². The van der Waals surface area contributed by atoms with Crippen LogP contribution in [-0.4, -0.2) is 19.3 Å². The second-order valence-corrected chi connectivity index (χ2v) is 5.33. The molecule has 0 aliphatic heterocycles. The molecule has 0 saturated heterocycles. The van der Waals surface area contributed by atoms with Gasteiger partial charge in [-0.1, -0.05) is 12.1 Å². The molecule has 0 radical (unpaired) electrons. The number of aryl methyl sites for hydroxylation is 3. The topological polar surface area (TPSA) is 38.7 Å². The standard InChI is InChI=1S/C18H22O3/c1-11-6-7-14(17(8-11)21-5)18(19)15-9-13(3)16(20-4)10-12(15)2/h6-10,18-19H,1-5H3. The van der Waals surface area contributed by atoms with E-state index in [-0.39, 0.29) is 0 Å². The molecule has 0 aliphatic carbocycles. The van der Waals surface area contributed by atoms with Gasteiger partial charge in [-0.25, -0.2) is 0 Å². The van der Waals surface area contributed by atoms with Crippen LogP contribution >= 0.6 is 0 Å². The quantitative estimate of drug-likeness (QED) is 0.931. The minimum atomic E-state index is -0.717. The molecular weight excluding hydrogens is 264 g/mol. The summed E-state index contributed by atoms with van der Waals surface area (Å²) in [5.41, 5.74) is 4.74. The molecule has 1 unspecified atom stereocenters. The molecule has 0 heterocycles. The zero-order valence-electron chi connectivity index (χ0n) is 13.2. The van der Waals surface area contributed by atoms with Gasteiger partial charge in [-0.05, 0) is 61.2 Å². The first-order chi connectivity index (χ1) is 9.97. The van der Waals surface area contributed by atoms with Crippen molar-refractivity contribution in [2.45, 2.75) is 26.9 Å². The van der Waals surface area contributed by atoms with E-state index in [0.29, 0.717) is 5.75 Å². The minimum Gasteiger partial charge on any atom is -0.496 e. The van der Waals surface area contributed by atoms with E-state index < -0.39 is 6.10 Å². The first kappa shape index (κ1) is 15.4. The van der Waals surface area contributed by atoms with Gasteiger partial charge in [0.15, 0.2) is 0 Å². The zero-order chi connectivity index (χ0) is 15.6. The maximum Gasteiger partial charge on any atom is 0.125 e. The van der Waals surface area contributed by atoms with E-state index in [0.717, 1.165) is 33.6 Å². The summed E-state index contributed by atoms with van der Waals surface area (Å²) in [5, 5.41) is 10.7. The highest BCUT2D eigenvalue weighted by Crippen LogP contribution is 2.34. The zero-order valence-corrected chi connectivity index (χ0v) is 13.2.